The number of rotatable bonds is 6. The summed E-state index contributed by atoms with van der Waals surface area (Å²) in [6.07, 6.45) is 0.896. The Balaban J connectivity index is 3.25. The Morgan fingerprint density at radius 3 is 2.39 bits per heavy atom. The molecule has 0 aromatic heterocycles. The highest BCUT2D eigenvalue weighted by molar-refractivity contribution is 5.47. The molecule has 102 valence electrons. The van der Waals surface area contributed by atoms with Crippen LogP contribution in [0.4, 0.5) is 0 Å². The zero-order chi connectivity index (χ0) is 13.7. The molecule has 2 unspecified atom stereocenters. The minimum Gasteiger partial charge on any atom is -0.496 e. The Morgan fingerprint density at radius 1 is 1.28 bits per heavy atom. The molecule has 4 heteroatoms. The molecule has 1 rings (SSSR count). The van der Waals surface area contributed by atoms with Crippen LogP contribution in [0.3, 0.4) is 0 Å². The van der Waals surface area contributed by atoms with E-state index in [9.17, 15) is 0 Å². The number of aryl methyl sites for hydroxylation is 1. The lowest BCUT2D eigenvalue weighted by molar-refractivity contribution is 0.0642. The third-order valence-corrected chi connectivity index (χ3v) is 3.50. The van der Waals surface area contributed by atoms with Crippen molar-refractivity contribution in [2.75, 3.05) is 14.2 Å². The first-order valence-electron chi connectivity index (χ1n) is 6.23. The maximum absolute atomic E-state index is 5.68. The van der Waals surface area contributed by atoms with Gasteiger partial charge in [0.15, 0.2) is 0 Å². The van der Waals surface area contributed by atoms with Crippen molar-refractivity contribution >= 4 is 0 Å². The average Bonchev–Trinajstić information content (AvgIpc) is 2.39. The molecule has 1 aromatic carbocycles. The fraction of sp³-hybridized carbons (Fsp3) is 0.571. The Hall–Kier alpha value is -1.10. The first kappa shape index (κ1) is 15.0. The van der Waals surface area contributed by atoms with Crippen molar-refractivity contribution in [3.05, 3.63) is 28.8 Å². The van der Waals surface area contributed by atoms with Gasteiger partial charge in [0.2, 0.25) is 0 Å². The summed E-state index contributed by atoms with van der Waals surface area (Å²) in [6.45, 7) is 6.20. The lowest BCUT2D eigenvalue weighted by atomic mass is 9.95. The second kappa shape index (κ2) is 6.73. The largest absolute Gasteiger partial charge is 0.496 e. The highest BCUT2D eigenvalue weighted by atomic mass is 16.5. The predicted molar refractivity (Wildman–Crippen MR) is 73.6 cm³/mol. The van der Waals surface area contributed by atoms with E-state index in [0.29, 0.717) is 0 Å². The Kier molecular flexibility index (Phi) is 5.59. The van der Waals surface area contributed by atoms with Crippen molar-refractivity contribution in [1.82, 2.24) is 5.43 Å². The van der Waals surface area contributed by atoms with Crippen LogP contribution in [-0.2, 0) is 4.74 Å². The number of methoxy groups -OCH3 is 2. The zero-order valence-electron chi connectivity index (χ0n) is 11.9. The van der Waals surface area contributed by atoms with Crippen molar-refractivity contribution in [2.24, 2.45) is 5.84 Å². The summed E-state index contributed by atoms with van der Waals surface area (Å²) in [5, 5.41) is 0. The van der Waals surface area contributed by atoms with Gasteiger partial charge in [0, 0.05) is 12.7 Å². The highest BCUT2D eigenvalue weighted by Crippen LogP contribution is 2.33. The molecule has 0 radical (unpaired) electrons. The molecule has 0 saturated heterocycles. The van der Waals surface area contributed by atoms with Gasteiger partial charge in [-0.25, -0.2) is 0 Å². The van der Waals surface area contributed by atoms with Crippen LogP contribution >= 0.6 is 0 Å². The van der Waals surface area contributed by atoms with Crippen LogP contribution in [0.5, 0.6) is 5.75 Å². The molecule has 0 amide bonds. The minimum atomic E-state index is -0.0748. The maximum atomic E-state index is 5.68. The molecule has 1 aromatic rings. The van der Waals surface area contributed by atoms with E-state index in [4.69, 9.17) is 15.3 Å². The summed E-state index contributed by atoms with van der Waals surface area (Å²) in [5.74, 6) is 6.57. The van der Waals surface area contributed by atoms with E-state index in [-0.39, 0.29) is 12.1 Å². The highest BCUT2D eigenvalue weighted by Gasteiger charge is 2.24. The molecule has 0 saturated carbocycles. The zero-order valence-corrected chi connectivity index (χ0v) is 11.9. The van der Waals surface area contributed by atoms with Gasteiger partial charge in [-0.3, -0.25) is 11.3 Å². The van der Waals surface area contributed by atoms with Crippen molar-refractivity contribution in [2.45, 2.75) is 39.3 Å². The van der Waals surface area contributed by atoms with E-state index in [2.05, 4.69) is 32.3 Å². The first-order chi connectivity index (χ1) is 8.60. The van der Waals surface area contributed by atoms with Crippen LogP contribution in [0.1, 0.15) is 36.1 Å². The van der Waals surface area contributed by atoms with Gasteiger partial charge in [0.25, 0.3) is 0 Å². The van der Waals surface area contributed by atoms with E-state index < -0.39 is 0 Å². The molecule has 3 N–H and O–H groups in total. The van der Waals surface area contributed by atoms with Crippen molar-refractivity contribution in [1.29, 1.82) is 0 Å². The number of nitrogens with two attached hydrogens (primary N) is 1. The molecule has 0 heterocycles. The van der Waals surface area contributed by atoms with Gasteiger partial charge in [-0.1, -0.05) is 19.1 Å². The number of benzene rings is 1. The van der Waals surface area contributed by atoms with Gasteiger partial charge < -0.3 is 9.47 Å². The van der Waals surface area contributed by atoms with Gasteiger partial charge in [0.1, 0.15) is 5.75 Å². The van der Waals surface area contributed by atoms with Crippen LogP contribution in [0.2, 0.25) is 0 Å². The monoisotopic (exact) mass is 252 g/mol. The molecule has 18 heavy (non-hydrogen) atoms. The summed E-state index contributed by atoms with van der Waals surface area (Å²) in [6, 6.07) is 4.06. The van der Waals surface area contributed by atoms with Crippen molar-refractivity contribution in [3.63, 3.8) is 0 Å². The van der Waals surface area contributed by atoms with E-state index >= 15 is 0 Å². The second-order valence-electron chi connectivity index (χ2n) is 4.46. The molecular formula is C14H24N2O2. The molecule has 0 fully saturated rings. The third kappa shape index (κ3) is 2.83. The quantitative estimate of drug-likeness (QED) is 0.602. The van der Waals surface area contributed by atoms with Gasteiger partial charge in [-0.05, 0) is 31.4 Å². The summed E-state index contributed by atoms with van der Waals surface area (Å²) < 4.78 is 11.0. The summed E-state index contributed by atoms with van der Waals surface area (Å²) in [5.41, 5.74) is 6.22. The van der Waals surface area contributed by atoms with Gasteiger partial charge in [-0.15, -0.1) is 0 Å². The molecule has 0 bridgehead atoms. The van der Waals surface area contributed by atoms with Crippen LogP contribution in [0, 0.1) is 13.8 Å². The molecule has 0 spiro atoms. The van der Waals surface area contributed by atoms with E-state index in [1.165, 1.54) is 5.56 Å². The topological polar surface area (TPSA) is 56.5 Å². The normalized spacial score (nSPS) is 14.3. The molecule has 0 aliphatic rings. The summed E-state index contributed by atoms with van der Waals surface area (Å²) in [7, 11) is 3.39. The molecule has 2 atom stereocenters. The molecule has 0 aliphatic heterocycles. The fourth-order valence-electron chi connectivity index (χ4n) is 2.26. The van der Waals surface area contributed by atoms with Crippen molar-refractivity contribution in [3.8, 4) is 5.75 Å². The van der Waals surface area contributed by atoms with E-state index in [1.54, 1.807) is 14.2 Å². The first-order valence-corrected chi connectivity index (χ1v) is 6.23. The van der Waals surface area contributed by atoms with Crippen LogP contribution < -0.4 is 16.0 Å². The number of hydrazine groups is 1. The molecule has 0 aliphatic carbocycles. The SMILES string of the molecule is CCC(OC)C(NN)c1ccc(C)c(C)c1OC. The van der Waals surface area contributed by atoms with Gasteiger partial charge in [-0.2, -0.15) is 0 Å². The standard InChI is InChI=1S/C14H24N2O2/c1-6-12(17-4)13(16-15)11-8-7-9(2)10(3)14(11)18-5/h7-8,12-13,16H,6,15H2,1-5H3. The van der Waals surface area contributed by atoms with Crippen LogP contribution in [0.25, 0.3) is 0 Å². The van der Waals surface area contributed by atoms with E-state index in [0.717, 1.165) is 23.3 Å². The summed E-state index contributed by atoms with van der Waals surface area (Å²) in [4.78, 5) is 0. The average molecular weight is 252 g/mol. The minimum absolute atomic E-state index is 0.0195. The van der Waals surface area contributed by atoms with E-state index in [1.807, 2.05) is 6.07 Å². The number of hydrogen-bond donors (Lipinski definition) is 2. The third-order valence-electron chi connectivity index (χ3n) is 3.50. The Labute approximate surface area is 109 Å². The van der Waals surface area contributed by atoms with Crippen molar-refractivity contribution < 1.29 is 9.47 Å². The van der Waals surface area contributed by atoms with Crippen LogP contribution in [-0.4, -0.2) is 20.3 Å². The number of hydrogen-bond acceptors (Lipinski definition) is 4. The van der Waals surface area contributed by atoms with Crippen LogP contribution in [0.15, 0.2) is 12.1 Å². The molecule has 4 nitrogen and oxygen atoms in total. The Bertz CT molecular complexity index is 390. The second-order valence-corrected chi connectivity index (χ2v) is 4.46. The maximum Gasteiger partial charge on any atom is 0.126 e. The van der Waals surface area contributed by atoms with Gasteiger partial charge >= 0.3 is 0 Å². The number of nitrogens with one attached hydrogen (secondary N) is 1. The summed E-state index contributed by atoms with van der Waals surface area (Å²) >= 11 is 0. The number of ether oxygens (including phenoxy) is 2. The lowest BCUT2D eigenvalue weighted by Crippen LogP contribution is -2.37. The smallest absolute Gasteiger partial charge is 0.126 e. The lowest BCUT2D eigenvalue weighted by Gasteiger charge is -2.27. The fourth-order valence-corrected chi connectivity index (χ4v) is 2.26. The molecular weight excluding hydrogens is 228 g/mol. The predicted octanol–water partition coefficient (Wildman–Crippen LogP) is 2.24. The van der Waals surface area contributed by atoms with Gasteiger partial charge in [0.05, 0.1) is 19.3 Å². The Morgan fingerprint density at radius 2 is 1.94 bits per heavy atom.